The minimum Gasteiger partial charge on any atom is -0.341 e. The highest BCUT2D eigenvalue weighted by Gasteiger charge is 2.22. The van der Waals surface area contributed by atoms with Crippen LogP contribution in [-0.2, 0) is 28.3 Å². The number of amides is 1. The second-order valence-corrected chi connectivity index (χ2v) is 9.42. The summed E-state index contributed by atoms with van der Waals surface area (Å²) in [6, 6.07) is 4.99. The lowest BCUT2D eigenvalue weighted by molar-refractivity contribution is -0.132. The fourth-order valence-electron chi connectivity index (χ4n) is 3.44. The predicted molar refractivity (Wildman–Crippen MR) is 104 cm³/mol. The first-order chi connectivity index (χ1) is 12.7. The molecule has 148 valence electrons. The van der Waals surface area contributed by atoms with E-state index in [-0.39, 0.29) is 16.8 Å². The van der Waals surface area contributed by atoms with Gasteiger partial charge in [-0.3, -0.25) is 4.79 Å². The van der Waals surface area contributed by atoms with Crippen LogP contribution < -0.4 is 5.73 Å². The van der Waals surface area contributed by atoms with Crippen molar-refractivity contribution in [2.75, 3.05) is 27.2 Å². The Bertz CT molecular complexity index is 951. The number of imidazole rings is 1. The van der Waals surface area contributed by atoms with E-state index in [4.69, 9.17) is 5.73 Å². The number of hydrogen-bond donors (Lipinski definition) is 1. The van der Waals surface area contributed by atoms with Gasteiger partial charge < -0.3 is 15.2 Å². The number of aryl methyl sites for hydroxylation is 2. The molecule has 1 aliphatic heterocycles. The summed E-state index contributed by atoms with van der Waals surface area (Å²) < 4.78 is 27.7. The van der Waals surface area contributed by atoms with E-state index in [0.717, 1.165) is 30.7 Å². The van der Waals surface area contributed by atoms with Crippen molar-refractivity contribution < 1.29 is 13.2 Å². The molecule has 1 saturated heterocycles. The molecule has 1 aromatic carbocycles. The number of carbonyl (C=O) groups is 1. The molecule has 1 unspecified atom stereocenters. The smallest absolute Gasteiger partial charge is 0.242 e. The first-order valence-electron chi connectivity index (χ1n) is 9.11. The number of sulfonamides is 1. The maximum absolute atomic E-state index is 12.5. The standard InChI is InChI=1S/C18H27N5O3S/c1-21(2)27(25,26)14-6-7-16-15(11-14)20-17(22(16)3)8-9-18(24)23-10-4-5-13(19)12-23/h6-7,11,13H,4-5,8-10,12,19H2,1-3H3. The van der Waals surface area contributed by atoms with Crippen molar-refractivity contribution in [3.05, 3.63) is 24.0 Å². The highest BCUT2D eigenvalue weighted by Crippen LogP contribution is 2.22. The van der Waals surface area contributed by atoms with E-state index in [1.54, 1.807) is 18.2 Å². The van der Waals surface area contributed by atoms with Gasteiger partial charge in [0.05, 0.1) is 15.9 Å². The van der Waals surface area contributed by atoms with Gasteiger partial charge in [0.15, 0.2) is 0 Å². The van der Waals surface area contributed by atoms with Gasteiger partial charge in [0.1, 0.15) is 5.82 Å². The van der Waals surface area contributed by atoms with Crippen LogP contribution in [0, 0.1) is 0 Å². The second-order valence-electron chi connectivity index (χ2n) is 7.27. The SMILES string of the molecule is CN(C)S(=O)(=O)c1ccc2c(c1)nc(CCC(=O)N1CCCC(N)C1)n2C. The number of carbonyl (C=O) groups excluding carboxylic acids is 1. The lowest BCUT2D eigenvalue weighted by Gasteiger charge is -2.30. The molecular weight excluding hydrogens is 366 g/mol. The maximum atomic E-state index is 12.5. The summed E-state index contributed by atoms with van der Waals surface area (Å²) in [7, 11) is 1.38. The Labute approximate surface area is 160 Å². The summed E-state index contributed by atoms with van der Waals surface area (Å²) in [5.74, 6) is 0.854. The van der Waals surface area contributed by atoms with Gasteiger partial charge in [0.2, 0.25) is 15.9 Å². The fraction of sp³-hybridized carbons (Fsp3) is 0.556. The molecule has 9 heteroatoms. The third kappa shape index (κ3) is 3.99. The summed E-state index contributed by atoms with van der Waals surface area (Å²) in [6.07, 6.45) is 2.79. The third-order valence-corrected chi connectivity index (χ3v) is 6.91. The molecule has 0 saturated carbocycles. The van der Waals surface area contributed by atoms with Crippen molar-refractivity contribution in [1.82, 2.24) is 18.8 Å². The molecule has 0 bridgehead atoms. The van der Waals surface area contributed by atoms with Gasteiger partial charge in [-0.2, -0.15) is 0 Å². The molecule has 2 heterocycles. The maximum Gasteiger partial charge on any atom is 0.242 e. The Morgan fingerprint density at radius 1 is 1.37 bits per heavy atom. The molecule has 1 amide bonds. The van der Waals surface area contributed by atoms with Gasteiger partial charge in [-0.25, -0.2) is 17.7 Å². The second kappa shape index (κ2) is 7.57. The van der Waals surface area contributed by atoms with E-state index in [0.29, 0.717) is 24.9 Å². The normalized spacial score (nSPS) is 18.4. The topological polar surface area (TPSA) is 102 Å². The van der Waals surface area contributed by atoms with Gasteiger partial charge in [-0.15, -0.1) is 0 Å². The van der Waals surface area contributed by atoms with E-state index < -0.39 is 10.0 Å². The average Bonchev–Trinajstić information content (AvgIpc) is 2.95. The molecule has 2 N–H and O–H groups in total. The Morgan fingerprint density at radius 2 is 2.11 bits per heavy atom. The molecule has 1 fully saturated rings. The summed E-state index contributed by atoms with van der Waals surface area (Å²) in [6.45, 7) is 1.38. The molecule has 27 heavy (non-hydrogen) atoms. The molecule has 1 aliphatic rings. The van der Waals surface area contributed by atoms with Crippen LogP contribution in [0.1, 0.15) is 25.1 Å². The Balaban J connectivity index is 1.77. The summed E-state index contributed by atoms with van der Waals surface area (Å²) >= 11 is 0. The Kier molecular flexibility index (Phi) is 5.55. The zero-order chi connectivity index (χ0) is 19.8. The zero-order valence-electron chi connectivity index (χ0n) is 16.1. The molecule has 1 atom stereocenters. The Morgan fingerprint density at radius 3 is 2.78 bits per heavy atom. The molecular formula is C18H27N5O3S. The van der Waals surface area contributed by atoms with Crippen LogP contribution in [0.4, 0.5) is 0 Å². The third-order valence-electron chi connectivity index (χ3n) is 5.10. The number of fused-ring (bicyclic) bond motifs is 1. The number of rotatable bonds is 5. The number of nitrogens with zero attached hydrogens (tertiary/aromatic N) is 4. The fourth-order valence-corrected chi connectivity index (χ4v) is 4.36. The number of piperidine rings is 1. The van der Waals surface area contributed by atoms with E-state index in [1.807, 2.05) is 16.5 Å². The minimum absolute atomic E-state index is 0.0653. The van der Waals surface area contributed by atoms with Gasteiger partial charge >= 0.3 is 0 Å². The predicted octanol–water partition coefficient (Wildman–Crippen LogP) is 0.706. The van der Waals surface area contributed by atoms with Crippen LogP contribution in [0.3, 0.4) is 0 Å². The highest BCUT2D eigenvalue weighted by atomic mass is 32.2. The molecule has 8 nitrogen and oxygen atoms in total. The average molecular weight is 394 g/mol. The van der Waals surface area contributed by atoms with Crippen molar-refractivity contribution in [3.63, 3.8) is 0 Å². The Hall–Kier alpha value is -1.97. The monoisotopic (exact) mass is 393 g/mol. The molecule has 0 spiro atoms. The number of likely N-dealkylation sites (tertiary alicyclic amines) is 1. The lowest BCUT2D eigenvalue weighted by atomic mass is 10.1. The molecule has 2 aromatic rings. The summed E-state index contributed by atoms with van der Waals surface area (Å²) in [4.78, 5) is 19.1. The van der Waals surface area contributed by atoms with Gasteiger partial charge in [-0.05, 0) is 31.0 Å². The van der Waals surface area contributed by atoms with Crippen LogP contribution in [0.2, 0.25) is 0 Å². The number of hydrogen-bond acceptors (Lipinski definition) is 5. The molecule has 0 radical (unpaired) electrons. The van der Waals surface area contributed by atoms with Crippen LogP contribution in [0.15, 0.2) is 23.1 Å². The lowest BCUT2D eigenvalue weighted by Crippen LogP contribution is -2.45. The first kappa shape index (κ1) is 19.8. The number of benzene rings is 1. The van der Waals surface area contributed by atoms with Crippen molar-refractivity contribution in [1.29, 1.82) is 0 Å². The molecule has 1 aromatic heterocycles. The van der Waals surface area contributed by atoms with Crippen molar-refractivity contribution in [2.45, 2.75) is 36.6 Å². The van der Waals surface area contributed by atoms with E-state index >= 15 is 0 Å². The van der Waals surface area contributed by atoms with Gasteiger partial charge in [0, 0.05) is 53.1 Å². The molecule has 3 rings (SSSR count). The first-order valence-corrected chi connectivity index (χ1v) is 10.6. The zero-order valence-corrected chi connectivity index (χ0v) is 16.9. The van der Waals surface area contributed by atoms with Crippen molar-refractivity contribution in [3.8, 4) is 0 Å². The van der Waals surface area contributed by atoms with Crippen LogP contribution in [-0.4, -0.2) is 66.3 Å². The van der Waals surface area contributed by atoms with Crippen LogP contribution >= 0.6 is 0 Å². The van der Waals surface area contributed by atoms with Gasteiger partial charge in [-0.1, -0.05) is 0 Å². The number of aromatic nitrogens is 2. The van der Waals surface area contributed by atoms with E-state index in [2.05, 4.69) is 4.98 Å². The largest absolute Gasteiger partial charge is 0.341 e. The van der Waals surface area contributed by atoms with E-state index in [1.165, 1.54) is 18.4 Å². The molecule has 0 aliphatic carbocycles. The van der Waals surface area contributed by atoms with Crippen molar-refractivity contribution >= 4 is 27.0 Å². The minimum atomic E-state index is -3.51. The quantitative estimate of drug-likeness (QED) is 0.806. The van der Waals surface area contributed by atoms with E-state index in [9.17, 15) is 13.2 Å². The summed E-state index contributed by atoms with van der Waals surface area (Å²) in [5.41, 5.74) is 7.41. The summed E-state index contributed by atoms with van der Waals surface area (Å²) in [5, 5.41) is 0. The van der Waals surface area contributed by atoms with Crippen LogP contribution in [0.5, 0.6) is 0 Å². The number of nitrogens with two attached hydrogens (primary N) is 1. The van der Waals surface area contributed by atoms with Crippen LogP contribution in [0.25, 0.3) is 11.0 Å². The van der Waals surface area contributed by atoms with Crippen molar-refractivity contribution in [2.24, 2.45) is 12.8 Å². The highest BCUT2D eigenvalue weighted by molar-refractivity contribution is 7.89. The van der Waals surface area contributed by atoms with Gasteiger partial charge in [0.25, 0.3) is 0 Å².